The van der Waals surface area contributed by atoms with E-state index in [1.165, 1.54) is 32.4 Å². The Morgan fingerprint density at radius 1 is 0.889 bits per heavy atom. The predicted octanol–water partition coefficient (Wildman–Crippen LogP) is 4.04. The number of esters is 1. The molecule has 0 aromatic heterocycles. The summed E-state index contributed by atoms with van der Waals surface area (Å²) < 4.78 is 15.2. The van der Waals surface area contributed by atoms with Gasteiger partial charge in [0, 0.05) is 11.3 Å². The minimum atomic E-state index is -0.924. The summed E-state index contributed by atoms with van der Waals surface area (Å²) in [6.07, 6.45) is 1.36. The van der Waals surface area contributed by atoms with E-state index in [0.717, 1.165) is 0 Å². The first kappa shape index (κ1) is 25.5. The van der Waals surface area contributed by atoms with Crippen molar-refractivity contribution in [2.75, 3.05) is 31.5 Å². The first-order valence-corrected chi connectivity index (χ1v) is 10.7. The Bertz CT molecular complexity index is 1310. The lowest BCUT2D eigenvalue weighted by atomic mass is 10.1. The predicted molar refractivity (Wildman–Crippen MR) is 134 cm³/mol. The van der Waals surface area contributed by atoms with Gasteiger partial charge in [-0.05, 0) is 60.2 Å². The average molecular weight is 485 g/mol. The van der Waals surface area contributed by atoms with Crippen LogP contribution in [0.15, 0.2) is 78.4 Å². The van der Waals surface area contributed by atoms with E-state index in [0.29, 0.717) is 34.0 Å². The largest absolute Gasteiger partial charge is 0.497 e. The molecule has 0 saturated heterocycles. The fourth-order valence-electron chi connectivity index (χ4n) is 3.06. The summed E-state index contributed by atoms with van der Waals surface area (Å²) >= 11 is 0. The number of rotatable bonds is 9. The number of nitriles is 1. The SMILES string of the molecule is COc1ccc(/C=C(\C#N)C(=O)OCC(=O)Nc2ccc(C(=O)Nc3ccccc3OC)cc2)cc1. The van der Waals surface area contributed by atoms with Crippen LogP contribution in [0.4, 0.5) is 11.4 Å². The topological polar surface area (TPSA) is 127 Å². The Labute approximate surface area is 207 Å². The number of hydrogen-bond donors (Lipinski definition) is 2. The molecular formula is C27H23N3O6. The lowest BCUT2D eigenvalue weighted by Crippen LogP contribution is -2.21. The number of para-hydroxylation sites is 2. The normalized spacial score (nSPS) is 10.5. The van der Waals surface area contributed by atoms with Crippen molar-refractivity contribution in [3.8, 4) is 17.6 Å². The number of ether oxygens (including phenoxy) is 3. The molecule has 0 unspecified atom stereocenters. The molecule has 3 rings (SSSR count). The minimum Gasteiger partial charge on any atom is -0.497 e. The zero-order valence-electron chi connectivity index (χ0n) is 19.6. The van der Waals surface area contributed by atoms with E-state index in [2.05, 4.69) is 10.6 Å². The lowest BCUT2D eigenvalue weighted by molar-refractivity contribution is -0.142. The number of nitrogens with one attached hydrogen (secondary N) is 2. The number of amides is 2. The summed E-state index contributed by atoms with van der Waals surface area (Å²) in [5.74, 6) is -0.709. The molecule has 2 N–H and O–H groups in total. The molecule has 0 heterocycles. The van der Waals surface area contributed by atoms with Crippen LogP contribution in [0, 0.1) is 11.3 Å². The van der Waals surface area contributed by atoms with Crippen LogP contribution in [0.5, 0.6) is 11.5 Å². The van der Waals surface area contributed by atoms with Gasteiger partial charge in [0.05, 0.1) is 19.9 Å². The second kappa shape index (κ2) is 12.4. The van der Waals surface area contributed by atoms with Crippen LogP contribution in [0.25, 0.3) is 6.08 Å². The van der Waals surface area contributed by atoms with Gasteiger partial charge in [0.2, 0.25) is 0 Å². The Morgan fingerprint density at radius 3 is 2.22 bits per heavy atom. The van der Waals surface area contributed by atoms with Crippen molar-refractivity contribution in [3.63, 3.8) is 0 Å². The second-order valence-corrected chi connectivity index (χ2v) is 7.30. The van der Waals surface area contributed by atoms with Gasteiger partial charge in [-0.25, -0.2) is 4.79 Å². The van der Waals surface area contributed by atoms with Crippen molar-refractivity contribution in [2.45, 2.75) is 0 Å². The number of hydrogen-bond acceptors (Lipinski definition) is 7. The Hall–Kier alpha value is -5.10. The molecule has 0 fully saturated rings. The van der Waals surface area contributed by atoms with E-state index in [9.17, 15) is 19.6 Å². The monoisotopic (exact) mass is 485 g/mol. The molecule has 0 aliphatic carbocycles. The molecule has 0 saturated carbocycles. The molecule has 9 heteroatoms. The zero-order valence-corrected chi connectivity index (χ0v) is 19.6. The van der Waals surface area contributed by atoms with Crippen molar-refractivity contribution in [3.05, 3.63) is 89.5 Å². The fourth-order valence-corrected chi connectivity index (χ4v) is 3.06. The molecule has 3 aromatic rings. The summed E-state index contributed by atoms with van der Waals surface area (Å²) in [7, 11) is 3.04. The van der Waals surface area contributed by atoms with E-state index in [4.69, 9.17) is 14.2 Å². The molecule has 36 heavy (non-hydrogen) atoms. The highest BCUT2D eigenvalue weighted by Gasteiger charge is 2.14. The maximum atomic E-state index is 12.5. The highest BCUT2D eigenvalue weighted by molar-refractivity contribution is 6.05. The van der Waals surface area contributed by atoms with Gasteiger partial charge in [-0.3, -0.25) is 9.59 Å². The van der Waals surface area contributed by atoms with E-state index in [-0.39, 0.29) is 11.5 Å². The van der Waals surface area contributed by atoms with Gasteiger partial charge < -0.3 is 24.8 Å². The molecule has 0 aliphatic rings. The van der Waals surface area contributed by atoms with E-state index in [1.807, 2.05) is 0 Å². The van der Waals surface area contributed by atoms with Gasteiger partial charge in [0.25, 0.3) is 11.8 Å². The van der Waals surface area contributed by atoms with Crippen LogP contribution < -0.4 is 20.1 Å². The molecule has 2 amide bonds. The summed E-state index contributed by atoms with van der Waals surface area (Å²) in [5, 5.41) is 14.6. The molecule has 0 bridgehead atoms. The van der Waals surface area contributed by atoms with E-state index >= 15 is 0 Å². The van der Waals surface area contributed by atoms with Gasteiger partial charge >= 0.3 is 5.97 Å². The van der Waals surface area contributed by atoms with Gasteiger partial charge in [-0.2, -0.15) is 5.26 Å². The fraction of sp³-hybridized carbons (Fsp3) is 0.111. The Morgan fingerprint density at radius 2 is 1.58 bits per heavy atom. The van der Waals surface area contributed by atoms with Crippen LogP contribution in [-0.4, -0.2) is 38.6 Å². The van der Waals surface area contributed by atoms with E-state index < -0.39 is 18.5 Å². The maximum absolute atomic E-state index is 12.5. The van der Waals surface area contributed by atoms with E-state index in [1.54, 1.807) is 66.7 Å². The van der Waals surface area contributed by atoms with Crippen LogP contribution >= 0.6 is 0 Å². The van der Waals surface area contributed by atoms with Crippen LogP contribution in [0.1, 0.15) is 15.9 Å². The van der Waals surface area contributed by atoms with Crippen molar-refractivity contribution in [2.24, 2.45) is 0 Å². The lowest BCUT2D eigenvalue weighted by Gasteiger charge is -2.10. The molecule has 0 aliphatic heterocycles. The summed E-state index contributed by atoms with van der Waals surface area (Å²) in [6, 6.07) is 21.7. The number of nitrogens with zero attached hydrogens (tertiary/aromatic N) is 1. The van der Waals surface area contributed by atoms with Crippen LogP contribution in [-0.2, 0) is 14.3 Å². The first-order chi connectivity index (χ1) is 17.4. The van der Waals surface area contributed by atoms with Crippen molar-refractivity contribution in [1.29, 1.82) is 5.26 Å². The van der Waals surface area contributed by atoms with Crippen LogP contribution in [0.2, 0.25) is 0 Å². The first-order valence-electron chi connectivity index (χ1n) is 10.7. The third kappa shape index (κ3) is 6.95. The number of carbonyl (C=O) groups excluding carboxylic acids is 3. The number of anilines is 2. The third-order valence-electron chi connectivity index (χ3n) is 4.89. The number of carbonyl (C=O) groups is 3. The van der Waals surface area contributed by atoms with Crippen molar-refractivity contribution in [1.82, 2.24) is 0 Å². The standard InChI is InChI=1S/C27H23N3O6/c1-34-22-13-7-18(8-14-22)15-20(16-28)27(33)36-17-25(31)29-21-11-9-19(10-12-21)26(32)30-23-5-3-4-6-24(23)35-2/h3-15H,17H2,1-2H3,(H,29,31)(H,30,32)/b20-15+. The van der Waals surface area contributed by atoms with Gasteiger partial charge in [-0.1, -0.05) is 24.3 Å². The highest BCUT2D eigenvalue weighted by atomic mass is 16.5. The molecule has 0 radical (unpaired) electrons. The van der Waals surface area contributed by atoms with Crippen LogP contribution in [0.3, 0.4) is 0 Å². The maximum Gasteiger partial charge on any atom is 0.349 e. The molecule has 182 valence electrons. The summed E-state index contributed by atoms with van der Waals surface area (Å²) in [5.41, 5.74) is 1.65. The highest BCUT2D eigenvalue weighted by Crippen LogP contribution is 2.24. The van der Waals surface area contributed by atoms with Gasteiger partial charge in [0.1, 0.15) is 23.1 Å². The van der Waals surface area contributed by atoms with Crippen molar-refractivity contribution >= 4 is 35.2 Å². The molecule has 9 nitrogen and oxygen atoms in total. The van der Waals surface area contributed by atoms with Gasteiger partial charge in [0.15, 0.2) is 6.61 Å². The molecule has 0 atom stereocenters. The molecule has 3 aromatic carbocycles. The molecule has 0 spiro atoms. The average Bonchev–Trinajstić information content (AvgIpc) is 2.91. The van der Waals surface area contributed by atoms with Gasteiger partial charge in [-0.15, -0.1) is 0 Å². The number of benzene rings is 3. The van der Waals surface area contributed by atoms with Crippen molar-refractivity contribution < 1.29 is 28.6 Å². The summed E-state index contributed by atoms with van der Waals surface area (Å²) in [4.78, 5) is 36.9. The quantitative estimate of drug-likeness (QED) is 0.266. The second-order valence-electron chi connectivity index (χ2n) is 7.30. The molecular weight excluding hydrogens is 462 g/mol. The number of methoxy groups -OCH3 is 2. The third-order valence-corrected chi connectivity index (χ3v) is 4.89. The summed E-state index contributed by atoms with van der Waals surface area (Å²) in [6.45, 7) is -0.587. The smallest absolute Gasteiger partial charge is 0.349 e. The Balaban J connectivity index is 1.53. The minimum absolute atomic E-state index is 0.252. The zero-order chi connectivity index (χ0) is 25.9. The Kier molecular flexibility index (Phi) is 8.78.